The normalized spacial score (nSPS) is 16.1. The molecule has 4 nitrogen and oxygen atoms in total. The Morgan fingerprint density at radius 3 is 2.72 bits per heavy atom. The van der Waals surface area contributed by atoms with E-state index in [9.17, 15) is 4.79 Å². The van der Waals surface area contributed by atoms with Crippen LogP contribution in [-0.4, -0.2) is 31.6 Å². The highest BCUT2D eigenvalue weighted by molar-refractivity contribution is 5.95. The second kappa shape index (κ2) is 7.60. The summed E-state index contributed by atoms with van der Waals surface area (Å²) in [4.78, 5) is 14.0. The van der Waals surface area contributed by atoms with Crippen molar-refractivity contribution in [3.05, 3.63) is 53.6 Å². The molecule has 2 aromatic carbocycles. The summed E-state index contributed by atoms with van der Waals surface area (Å²) in [5, 5.41) is 0. The summed E-state index contributed by atoms with van der Waals surface area (Å²) in [6.07, 6.45) is 1.04. The fourth-order valence-corrected chi connectivity index (χ4v) is 3.04. The van der Waals surface area contributed by atoms with Gasteiger partial charge in [-0.25, -0.2) is 0 Å². The Hall–Kier alpha value is -2.49. The molecular weight excluding hydrogens is 314 g/mol. The van der Waals surface area contributed by atoms with Crippen molar-refractivity contribution in [2.24, 2.45) is 0 Å². The van der Waals surface area contributed by atoms with E-state index in [1.165, 1.54) is 5.56 Å². The number of carbonyl (C=O) groups excluding carboxylic acids is 1. The van der Waals surface area contributed by atoms with E-state index in [-0.39, 0.29) is 11.9 Å². The molecule has 0 amide bonds. The Bertz CT molecular complexity index is 739. The van der Waals surface area contributed by atoms with Crippen LogP contribution in [-0.2, 0) is 0 Å². The first-order valence-corrected chi connectivity index (χ1v) is 8.79. The predicted octanol–water partition coefficient (Wildman–Crippen LogP) is 4.25. The van der Waals surface area contributed by atoms with Crippen LogP contribution in [0.5, 0.6) is 11.5 Å². The largest absolute Gasteiger partial charge is 0.494 e. The maximum Gasteiger partial charge on any atom is 0.159 e. The molecule has 1 unspecified atom stereocenters. The zero-order valence-corrected chi connectivity index (χ0v) is 15.1. The van der Waals surface area contributed by atoms with Crippen LogP contribution in [0.2, 0.25) is 0 Å². The number of ether oxygens (including phenoxy) is 2. The minimum atomic E-state index is 0.0732. The topological polar surface area (TPSA) is 38.8 Å². The summed E-state index contributed by atoms with van der Waals surface area (Å²) in [6.45, 7) is 8.07. The lowest BCUT2D eigenvalue weighted by Gasteiger charge is -2.35. The van der Waals surface area contributed by atoms with Crippen LogP contribution in [0.1, 0.15) is 36.2 Å². The maximum atomic E-state index is 11.7. The summed E-state index contributed by atoms with van der Waals surface area (Å²) in [5.41, 5.74) is 2.95. The van der Waals surface area contributed by atoms with Gasteiger partial charge in [0.25, 0.3) is 0 Å². The first-order chi connectivity index (χ1) is 12.0. The Morgan fingerprint density at radius 2 is 2.00 bits per heavy atom. The van der Waals surface area contributed by atoms with Gasteiger partial charge in [0.15, 0.2) is 5.78 Å². The van der Waals surface area contributed by atoms with Crippen molar-refractivity contribution in [3.63, 3.8) is 0 Å². The molecule has 0 saturated carbocycles. The average molecular weight is 339 g/mol. The molecule has 0 N–H and O–H groups in total. The molecule has 3 rings (SSSR count). The third-order valence-electron chi connectivity index (χ3n) is 4.37. The van der Waals surface area contributed by atoms with Crippen molar-refractivity contribution < 1.29 is 14.3 Å². The number of nitrogens with zero attached hydrogens (tertiary/aromatic N) is 1. The Balaban J connectivity index is 1.61. The number of anilines is 1. The minimum absolute atomic E-state index is 0.0732. The van der Waals surface area contributed by atoms with Crippen LogP contribution < -0.4 is 14.4 Å². The number of aryl methyl sites for hydroxylation is 1. The van der Waals surface area contributed by atoms with Gasteiger partial charge in [0.05, 0.1) is 18.8 Å². The van der Waals surface area contributed by atoms with E-state index in [2.05, 4.69) is 30.9 Å². The smallest absolute Gasteiger partial charge is 0.159 e. The second-order valence-corrected chi connectivity index (χ2v) is 6.63. The standard InChI is InChI=1S/C21H25NO3/c1-15-5-8-19(9-6-15)24-12-4-11-22-14-16(2)25-21-10-7-18(17(3)23)13-20(21)22/h5-10,13,16H,4,11-12,14H2,1-3H3. The summed E-state index contributed by atoms with van der Waals surface area (Å²) < 4.78 is 11.7. The molecule has 1 aliphatic heterocycles. The van der Waals surface area contributed by atoms with E-state index in [1.54, 1.807) is 6.92 Å². The molecule has 1 atom stereocenters. The highest BCUT2D eigenvalue weighted by Gasteiger charge is 2.23. The van der Waals surface area contributed by atoms with Crippen LogP contribution in [0, 0.1) is 6.92 Å². The van der Waals surface area contributed by atoms with Gasteiger partial charge in [-0.2, -0.15) is 0 Å². The van der Waals surface area contributed by atoms with E-state index in [4.69, 9.17) is 9.47 Å². The van der Waals surface area contributed by atoms with Crippen molar-refractivity contribution in [2.75, 3.05) is 24.6 Å². The first-order valence-electron chi connectivity index (χ1n) is 8.79. The van der Waals surface area contributed by atoms with Crippen LogP contribution in [0.25, 0.3) is 0 Å². The lowest BCUT2D eigenvalue weighted by atomic mass is 10.1. The lowest BCUT2D eigenvalue weighted by molar-refractivity contribution is 0.101. The van der Waals surface area contributed by atoms with Gasteiger partial charge in [-0.3, -0.25) is 4.79 Å². The molecule has 0 aliphatic carbocycles. The zero-order valence-electron chi connectivity index (χ0n) is 15.1. The van der Waals surface area contributed by atoms with Gasteiger partial charge in [-0.05, 0) is 57.5 Å². The number of fused-ring (bicyclic) bond motifs is 1. The molecule has 0 saturated heterocycles. The van der Waals surface area contributed by atoms with Gasteiger partial charge in [-0.1, -0.05) is 17.7 Å². The second-order valence-electron chi connectivity index (χ2n) is 6.63. The molecular formula is C21H25NO3. The van der Waals surface area contributed by atoms with E-state index >= 15 is 0 Å². The van der Waals surface area contributed by atoms with Gasteiger partial charge in [0, 0.05) is 12.1 Å². The number of carbonyl (C=O) groups is 1. The molecule has 0 fully saturated rings. The van der Waals surface area contributed by atoms with Crippen LogP contribution in [0.15, 0.2) is 42.5 Å². The quantitative estimate of drug-likeness (QED) is 0.582. The van der Waals surface area contributed by atoms with Crippen molar-refractivity contribution in [1.82, 2.24) is 0 Å². The van der Waals surface area contributed by atoms with E-state index < -0.39 is 0 Å². The van der Waals surface area contributed by atoms with Crippen molar-refractivity contribution in [3.8, 4) is 11.5 Å². The number of benzene rings is 2. The molecule has 0 aromatic heterocycles. The fourth-order valence-electron chi connectivity index (χ4n) is 3.04. The number of hydrogen-bond donors (Lipinski definition) is 0. The van der Waals surface area contributed by atoms with Crippen LogP contribution in [0.4, 0.5) is 5.69 Å². The molecule has 132 valence electrons. The molecule has 0 bridgehead atoms. The van der Waals surface area contributed by atoms with Gasteiger partial charge in [0.2, 0.25) is 0 Å². The third-order valence-corrected chi connectivity index (χ3v) is 4.37. The fraction of sp³-hybridized carbons (Fsp3) is 0.381. The molecule has 4 heteroatoms. The van der Waals surface area contributed by atoms with E-state index in [0.717, 1.165) is 42.3 Å². The molecule has 0 spiro atoms. The third kappa shape index (κ3) is 4.32. The summed E-state index contributed by atoms with van der Waals surface area (Å²) >= 11 is 0. The van der Waals surface area contributed by atoms with E-state index in [0.29, 0.717) is 6.61 Å². The summed E-state index contributed by atoms with van der Waals surface area (Å²) in [7, 11) is 0. The highest BCUT2D eigenvalue weighted by atomic mass is 16.5. The number of hydrogen-bond acceptors (Lipinski definition) is 4. The summed E-state index contributed by atoms with van der Waals surface area (Å²) in [5.74, 6) is 1.83. The van der Waals surface area contributed by atoms with Gasteiger partial charge in [0.1, 0.15) is 17.6 Å². The number of rotatable bonds is 6. The van der Waals surface area contributed by atoms with Gasteiger partial charge >= 0.3 is 0 Å². The Labute approximate surface area is 149 Å². The van der Waals surface area contributed by atoms with Crippen LogP contribution in [0.3, 0.4) is 0 Å². The summed E-state index contributed by atoms with van der Waals surface area (Å²) in [6, 6.07) is 13.8. The molecule has 1 heterocycles. The first kappa shape index (κ1) is 17.3. The number of ketones is 1. The maximum absolute atomic E-state index is 11.7. The van der Waals surface area contributed by atoms with Crippen molar-refractivity contribution in [1.29, 1.82) is 0 Å². The van der Waals surface area contributed by atoms with Crippen LogP contribution >= 0.6 is 0 Å². The zero-order chi connectivity index (χ0) is 17.8. The SMILES string of the molecule is CC(=O)c1ccc2c(c1)N(CCCOc1ccc(C)cc1)CC(C)O2. The molecule has 25 heavy (non-hydrogen) atoms. The monoisotopic (exact) mass is 339 g/mol. The van der Waals surface area contributed by atoms with E-state index in [1.807, 2.05) is 30.3 Å². The number of Topliss-reactive ketones (excluding diaryl/α,β-unsaturated/α-hetero) is 1. The Kier molecular flexibility index (Phi) is 5.27. The minimum Gasteiger partial charge on any atom is -0.494 e. The molecule has 2 aromatic rings. The molecule has 0 radical (unpaired) electrons. The van der Waals surface area contributed by atoms with Gasteiger partial charge in [-0.15, -0.1) is 0 Å². The van der Waals surface area contributed by atoms with Crippen molar-refractivity contribution in [2.45, 2.75) is 33.3 Å². The van der Waals surface area contributed by atoms with Crippen molar-refractivity contribution >= 4 is 11.5 Å². The lowest BCUT2D eigenvalue weighted by Crippen LogP contribution is -2.39. The predicted molar refractivity (Wildman–Crippen MR) is 100 cm³/mol. The highest BCUT2D eigenvalue weighted by Crippen LogP contribution is 2.34. The Morgan fingerprint density at radius 1 is 1.24 bits per heavy atom. The van der Waals surface area contributed by atoms with Gasteiger partial charge < -0.3 is 14.4 Å². The molecule has 1 aliphatic rings. The average Bonchev–Trinajstić information content (AvgIpc) is 2.59.